The first-order chi connectivity index (χ1) is 20.3. The highest BCUT2D eigenvalue weighted by atomic mass is 16.5. The van der Waals surface area contributed by atoms with Gasteiger partial charge in [-0.2, -0.15) is 0 Å². The summed E-state index contributed by atoms with van der Waals surface area (Å²) in [6, 6.07) is 13.6. The number of rotatable bonds is 14. The molecule has 1 N–H and O–H groups in total. The van der Waals surface area contributed by atoms with Crippen LogP contribution in [0.5, 0.6) is 0 Å². The maximum Gasteiger partial charge on any atom is 0.333 e. The Balaban J connectivity index is 1.43. The van der Waals surface area contributed by atoms with Crippen molar-refractivity contribution in [2.24, 2.45) is 17.8 Å². The Kier molecular flexibility index (Phi) is 11.4. The van der Waals surface area contributed by atoms with Crippen LogP contribution in [-0.4, -0.2) is 24.3 Å². The van der Waals surface area contributed by atoms with E-state index in [0.29, 0.717) is 17.4 Å². The maximum absolute atomic E-state index is 11.7. The minimum absolute atomic E-state index is 0.00717. The van der Waals surface area contributed by atoms with Crippen LogP contribution >= 0.6 is 0 Å². The van der Waals surface area contributed by atoms with E-state index in [1.807, 2.05) is 0 Å². The smallest absolute Gasteiger partial charge is 0.333 e. The third-order valence-electron chi connectivity index (χ3n) is 8.62. The summed E-state index contributed by atoms with van der Waals surface area (Å²) in [4.78, 5) is 11.7. The zero-order valence-electron chi connectivity index (χ0n) is 26.0. The summed E-state index contributed by atoms with van der Waals surface area (Å²) >= 11 is 0. The predicted octanol–water partition coefficient (Wildman–Crippen LogP) is 9.15. The van der Waals surface area contributed by atoms with E-state index in [0.717, 1.165) is 19.3 Å². The summed E-state index contributed by atoms with van der Waals surface area (Å²) < 4.78 is 5.25. The fourth-order valence-electron chi connectivity index (χ4n) is 5.99. The minimum atomic E-state index is -0.402. The summed E-state index contributed by atoms with van der Waals surface area (Å²) in [6.07, 6.45) is 22.0. The molecule has 2 aromatic rings. The summed E-state index contributed by atoms with van der Waals surface area (Å²) in [5.41, 5.74) is 10.9. The number of carbonyl (C=O) groups excluding carboxylic acids is 1. The molecular weight excluding hydrogens is 516 g/mol. The molecule has 0 saturated heterocycles. The van der Waals surface area contributed by atoms with Crippen LogP contribution in [0.15, 0.2) is 90.6 Å². The Bertz CT molecular complexity index is 1390. The van der Waals surface area contributed by atoms with E-state index in [-0.39, 0.29) is 19.1 Å². The fraction of sp³-hybridized carbons (Fsp3) is 0.410. The Morgan fingerprint density at radius 2 is 1.74 bits per heavy atom. The molecule has 3 atom stereocenters. The topological polar surface area (TPSA) is 46.5 Å². The van der Waals surface area contributed by atoms with Gasteiger partial charge in [-0.1, -0.05) is 112 Å². The molecule has 0 spiro atoms. The van der Waals surface area contributed by atoms with Crippen molar-refractivity contribution in [1.29, 1.82) is 0 Å². The second-order valence-corrected chi connectivity index (χ2v) is 12.0. The molecule has 3 unspecified atom stereocenters. The zero-order valence-corrected chi connectivity index (χ0v) is 26.0. The van der Waals surface area contributed by atoms with Crippen molar-refractivity contribution in [3.63, 3.8) is 0 Å². The summed E-state index contributed by atoms with van der Waals surface area (Å²) in [7, 11) is 0. The second-order valence-electron chi connectivity index (χ2n) is 12.0. The SMILES string of the molecule is C=C(C)C(=O)OCC(CO)CCc1ccc(-c2ccc(C3=CC4C=CC(CCCCC)=CC4C=C3)c(CC)c2)c(C)c1. The highest BCUT2D eigenvalue weighted by Gasteiger charge is 2.22. The normalized spacial score (nSPS) is 18.2. The first kappa shape index (κ1) is 31.5. The third kappa shape index (κ3) is 8.10. The van der Waals surface area contributed by atoms with Crippen LogP contribution in [0.4, 0.5) is 0 Å². The molecule has 2 aliphatic carbocycles. The summed E-state index contributed by atoms with van der Waals surface area (Å²) in [5, 5.41) is 9.74. The van der Waals surface area contributed by atoms with Crippen molar-refractivity contribution >= 4 is 11.5 Å². The van der Waals surface area contributed by atoms with E-state index in [2.05, 4.69) is 100 Å². The molecule has 0 saturated carbocycles. The minimum Gasteiger partial charge on any atom is -0.462 e. The van der Waals surface area contributed by atoms with Crippen LogP contribution in [0.3, 0.4) is 0 Å². The maximum atomic E-state index is 11.7. The molecular formula is C39H48O3. The number of aryl methyl sites for hydroxylation is 3. The van der Waals surface area contributed by atoms with Crippen LogP contribution in [0, 0.1) is 24.7 Å². The van der Waals surface area contributed by atoms with Crippen LogP contribution in [0.2, 0.25) is 0 Å². The Morgan fingerprint density at radius 3 is 2.45 bits per heavy atom. The average molecular weight is 565 g/mol. The molecule has 0 amide bonds. The first-order valence-corrected chi connectivity index (χ1v) is 15.8. The van der Waals surface area contributed by atoms with E-state index in [4.69, 9.17) is 4.74 Å². The predicted molar refractivity (Wildman–Crippen MR) is 176 cm³/mol. The van der Waals surface area contributed by atoms with Crippen molar-refractivity contribution < 1.29 is 14.6 Å². The number of aliphatic hydroxyl groups excluding tert-OH is 1. The molecule has 0 heterocycles. The van der Waals surface area contributed by atoms with Gasteiger partial charge >= 0.3 is 5.97 Å². The molecule has 3 nitrogen and oxygen atoms in total. The molecule has 0 bridgehead atoms. The highest BCUT2D eigenvalue weighted by Crippen LogP contribution is 2.37. The lowest BCUT2D eigenvalue weighted by Crippen LogP contribution is -2.18. The van der Waals surface area contributed by atoms with Gasteiger partial charge in [0.1, 0.15) is 0 Å². The van der Waals surface area contributed by atoms with Crippen molar-refractivity contribution in [3.05, 3.63) is 113 Å². The third-order valence-corrected chi connectivity index (χ3v) is 8.62. The molecule has 0 radical (unpaired) electrons. The van der Waals surface area contributed by atoms with Gasteiger partial charge in [-0.05, 0) is 84.9 Å². The number of carbonyl (C=O) groups is 1. The van der Waals surface area contributed by atoms with Gasteiger partial charge in [-0.15, -0.1) is 0 Å². The Morgan fingerprint density at radius 1 is 0.976 bits per heavy atom. The molecule has 3 heteroatoms. The van der Waals surface area contributed by atoms with Gasteiger partial charge in [0, 0.05) is 29.9 Å². The van der Waals surface area contributed by atoms with Gasteiger partial charge in [-0.3, -0.25) is 0 Å². The zero-order chi connectivity index (χ0) is 30.1. The summed E-state index contributed by atoms with van der Waals surface area (Å²) in [5.74, 6) is 0.419. The van der Waals surface area contributed by atoms with Gasteiger partial charge in [0.25, 0.3) is 0 Å². The van der Waals surface area contributed by atoms with E-state index < -0.39 is 5.97 Å². The molecule has 0 aliphatic heterocycles. The standard InChI is InChI=1S/C39H48O3/c1-6-8-9-10-29-13-15-34-24-36(17-16-33(34)22-29)38-20-18-35(23-32(38)7-2)37-19-14-30(21-28(37)5)11-12-31(25-40)26-42-39(41)27(3)4/h13-24,31,33-34,40H,3,6-12,25-26H2,1-2,4-5H3. The largest absolute Gasteiger partial charge is 0.462 e. The van der Waals surface area contributed by atoms with E-state index in [1.165, 1.54) is 70.2 Å². The first-order valence-electron chi connectivity index (χ1n) is 15.8. The van der Waals surface area contributed by atoms with Crippen molar-refractivity contribution in [3.8, 4) is 11.1 Å². The van der Waals surface area contributed by atoms with E-state index >= 15 is 0 Å². The Hall–Kier alpha value is -3.43. The van der Waals surface area contributed by atoms with Crippen molar-refractivity contribution in [2.75, 3.05) is 13.2 Å². The van der Waals surface area contributed by atoms with Crippen molar-refractivity contribution in [2.45, 2.75) is 72.6 Å². The lowest BCUT2D eigenvalue weighted by Gasteiger charge is -2.26. The number of hydrogen-bond donors (Lipinski definition) is 1. The Labute approximate surface area is 253 Å². The number of aliphatic hydroxyl groups is 1. The van der Waals surface area contributed by atoms with Gasteiger partial charge in [0.2, 0.25) is 0 Å². The van der Waals surface area contributed by atoms with Gasteiger partial charge in [0.05, 0.1) is 6.61 Å². The highest BCUT2D eigenvalue weighted by molar-refractivity contribution is 5.87. The monoisotopic (exact) mass is 564 g/mol. The molecule has 222 valence electrons. The number of esters is 1. The second kappa shape index (κ2) is 15.2. The molecule has 2 aromatic carbocycles. The number of fused-ring (bicyclic) bond motifs is 1. The average Bonchev–Trinajstić information content (AvgIpc) is 3.00. The number of unbranched alkanes of at least 4 members (excludes halogenated alkanes) is 2. The van der Waals surface area contributed by atoms with Crippen LogP contribution < -0.4 is 0 Å². The number of allylic oxidation sites excluding steroid dienone is 8. The van der Waals surface area contributed by atoms with Crippen LogP contribution in [0.1, 0.15) is 75.1 Å². The molecule has 0 aromatic heterocycles. The molecule has 4 rings (SSSR count). The number of benzene rings is 2. The summed E-state index contributed by atoms with van der Waals surface area (Å²) in [6.45, 7) is 12.1. The van der Waals surface area contributed by atoms with Gasteiger partial charge in [-0.25, -0.2) is 4.79 Å². The van der Waals surface area contributed by atoms with E-state index in [1.54, 1.807) is 6.92 Å². The number of hydrogen-bond acceptors (Lipinski definition) is 3. The lowest BCUT2D eigenvalue weighted by molar-refractivity contribution is -0.140. The van der Waals surface area contributed by atoms with Gasteiger partial charge in [0.15, 0.2) is 0 Å². The van der Waals surface area contributed by atoms with Crippen molar-refractivity contribution in [1.82, 2.24) is 0 Å². The lowest BCUT2D eigenvalue weighted by atomic mass is 9.78. The fourth-order valence-corrected chi connectivity index (χ4v) is 5.99. The molecule has 2 aliphatic rings. The van der Waals surface area contributed by atoms with Gasteiger partial charge < -0.3 is 9.84 Å². The quantitative estimate of drug-likeness (QED) is 0.141. The van der Waals surface area contributed by atoms with E-state index in [9.17, 15) is 9.90 Å². The molecule has 42 heavy (non-hydrogen) atoms. The van der Waals surface area contributed by atoms with Crippen LogP contribution in [-0.2, 0) is 22.4 Å². The van der Waals surface area contributed by atoms with Crippen LogP contribution in [0.25, 0.3) is 16.7 Å². The molecule has 0 fully saturated rings. The number of ether oxygens (including phenoxy) is 1.